The van der Waals surface area contributed by atoms with Gasteiger partial charge in [-0.1, -0.05) is 0 Å². The molecule has 4 heteroatoms. The van der Waals surface area contributed by atoms with E-state index in [-0.39, 0.29) is 5.91 Å². The molecule has 2 rings (SSSR count). The molecule has 1 fully saturated rings. The van der Waals surface area contributed by atoms with E-state index < -0.39 is 0 Å². The van der Waals surface area contributed by atoms with Gasteiger partial charge in [0, 0.05) is 25.5 Å². The highest BCUT2D eigenvalue weighted by atomic mass is 16.2. The topological polar surface area (TPSA) is 45.2 Å². The lowest BCUT2D eigenvalue weighted by molar-refractivity contribution is -0.129. The van der Waals surface area contributed by atoms with Crippen LogP contribution in [0.25, 0.3) is 0 Å². The van der Waals surface area contributed by atoms with Gasteiger partial charge in [-0.05, 0) is 37.1 Å². The van der Waals surface area contributed by atoms with Crippen molar-refractivity contribution < 1.29 is 4.79 Å². The molecule has 0 atom stereocenters. The number of carbonyl (C=O) groups excluding carboxylic acids is 1. The Bertz CT molecular complexity index is 339. The third-order valence-electron chi connectivity index (χ3n) is 2.83. The smallest absolute Gasteiger partial charge is 0.236 e. The molecule has 1 saturated heterocycles. The monoisotopic (exact) mass is 219 g/mol. The predicted octanol–water partition coefficient (Wildman–Crippen LogP) is 0.446. The van der Waals surface area contributed by atoms with E-state index in [9.17, 15) is 4.79 Å². The Labute approximate surface area is 95.7 Å². The zero-order chi connectivity index (χ0) is 11.2. The number of pyridine rings is 1. The zero-order valence-corrected chi connectivity index (χ0v) is 9.35. The van der Waals surface area contributed by atoms with Gasteiger partial charge < -0.3 is 10.2 Å². The lowest BCUT2D eigenvalue weighted by Crippen LogP contribution is -2.36. The van der Waals surface area contributed by atoms with Crippen molar-refractivity contribution in [1.82, 2.24) is 15.2 Å². The minimum absolute atomic E-state index is 0.214. The van der Waals surface area contributed by atoms with Gasteiger partial charge in [0.1, 0.15) is 0 Å². The van der Waals surface area contributed by atoms with E-state index in [4.69, 9.17) is 0 Å². The van der Waals surface area contributed by atoms with Gasteiger partial charge in [0.05, 0.1) is 6.54 Å². The second-order valence-corrected chi connectivity index (χ2v) is 4.02. The van der Waals surface area contributed by atoms with Crippen LogP contribution in [0.2, 0.25) is 0 Å². The molecule has 0 saturated carbocycles. The Hall–Kier alpha value is -1.42. The Balaban J connectivity index is 1.86. The maximum absolute atomic E-state index is 11.7. The molecule has 1 aliphatic heterocycles. The molecule has 1 aromatic heterocycles. The van der Waals surface area contributed by atoms with Crippen LogP contribution in [-0.2, 0) is 11.2 Å². The molecule has 1 N–H and O–H groups in total. The van der Waals surface area contributed by atoms with Gasteiger partial charge in [-0.15, -0.1) is 0 Å². The SMILES string of the molecule is O=C1CNCCCN1CCc1ccncc1. The van der Waals surface area contributed by atoms with E-state index in [1.54, 1.807) is 12.4 Å². The van der Waals surface area contributed by atoms with Crippen LogP contribution in [-0.4, -0.2) is 42.0 Å². The van der Waals surface area contributed by atoms with Gasteiger partial charge in [-0.2, -0.15) is 0 Å². The molecule has 1 aromatic rings. The Morgan fingerprint density at radius 2 is 2.19 bits per heavy atom. The Kier molecular flexibility index (Phi) is 3.88. The lowest BCUT2D eigenvalue weighted by atomic mass is 10.2. The standard InChI is InChI=1S/C12H17N3O/c16-12-10-14-5-1-8-15(12)9-4-11-2-6-13-7-3-11/h2-3,6-7,14H,1,4-5,8-10H2. The number of nitrogens with one attached hydrogen (secondary N) is 1. The summed E-state index contributed by atoms with van der Waals surface area (Å²) >= 11 is 0. The molecule has 4 nitrogen and oxygen atoms in total. The number of aromatic nitrogens is 1. The van der Waals surface area contributed by atoms with Crippen LogP contribution >= 0.6 is 0 Å². The van der Waals surface area contributed by atoms with Crippen LogP contribution in [0.3, 0.4) is 0 Å². The normalized spacial score (nSPS) is 17.2. The molecular weight excluding hydrogens is 202 g/mol. The van der Waals surface area contributed by atoms with Crippen LogP contribution < -0.4 is 5.32 Å². The van der Waals surface area contributed by atoms with Crippen molar-refractivity contribution in [3.63, 3.8) is 0 Å². The van der Waals surface area contributed by atoms with Crippen LogP contribution in [0.1, 0.15) is 12.0 Å². The van der Waals surface area contributed by atoms with Gasteiger partial charge in [0.2, 0.25) is 5.91 Å². The lowest BCUT2D eigenvalue weighted by Gasteiger charge is -2.19. The average Bonchev–Trinajstić information content (AvgIpc) is 2.53. The number of hydrogen-bond acceptors (Lipinski definition) is 3. The van der Waals surface area contributed by atoms with Crippen molar-refractivity contribution >= 4 is 5.91 Å². The number of carbonyl (C=O) groups is 1. The molecular formula is C12H17N3O. The van der Waals surface area contributed by atoms with Crippen molar-refractivity contribution in [3.8, 4) is 0 Å². The first-order chi connectivity index (χ1) is 7.86. The highest BCUT2D eigenvalue weighted by Gasteiger charge is 2.15. The third-order valence-corrected chi connectivity index (χ3v) is 2.83. The molecule has 1 amide bonds. The molecule has 0 bridgehead atoms. The van der Waals surface area contributed by atoms with Crippen molar-refractivity contribution in [3.05, 3.63) is 30.1 Å². The maximum Gasteiger partial charge on any atom is 0.236 e. The molecule has 0 radical (unpaired) electrons. The summed E-state index contributed by atoms with van der Waals surface area (Å²) in [5.74, 6) is 0.214. The van der Waals surface area contributed by atoms with Crippen molar-refractivity contribution in [1.29, 1.82) is 0 Å². The van der Waals surface area contributed by atoms with Crippen LogP contribution in [0.15, 0.2) is 24.5 Å². The zero-order valence-electron chi connectivity index (χ0n) is 9.35. The fourth-order valence-corrected chi connectivity index (χ4v) is 1.88. The number of amides is 1. The highest BCUT2D eigenvalue weighted by molar-refractivity contribution is 5.78. The fraction of sp³-hybridized carbons (Fsp3) is 0.500. The van der Waals surface area contributed by atoms with Crippen molar-refractivity contribution in [2.75, 3.05) is 26.2 Å². The summed E-state index contributed by atoms with van der Waals surface area (Å²) in [6.45, 7) is 3.11. The summed E-state index contributed by atoms with van der Waals surface area (Å²) in [5, 5.41) is 3.12. The molecule has 1 aliphatic rings. The van der Waals surface area contributed by atoms with Gasteiger partial charge >= 0.3 is 0 Å². The molecule has 16 heavy (non-hydrogen) atoms. The van der Waals surface area contributed by atoms with E-state index in [0.29, 0.717) is 6.54 Å². The largest absolute Gasteiger partial charge is 0.341 e. The average molecular weight is 219 g/mol. The predicted molar refractivity (Wildman–Crippen MR) is 62.0 cm³/mol. The first kappa shape index (κ1) is 11.1. The number of hydrogen-bond donors (Lipinski definition) is 1. The first-order valence-corrected chi connectivity index (χ1v) is 5.73. The molecule has 2 heterocycles. The number of nitrogens with zero attached hydrogens (tertiary/aromatic N) is 2. The van der Waals surface area contributed by atoms with Gasteiger partial charge in [0.25, 0.3) is 0 Å². The highest BCUT2D eigenvalue weighted by Crippen LogP contribution is 2.02. The molecule has 0 aromatic carbocycles. The summed E-state index contributed by atoms with van der Waals surface area (Å²) < 4.78 is 0. The van der Waals surface area contributed by atoms with Crippen LogP contribution in [0.4, 0.5) is 0 Å². The summed E-state index contributed by atoms with van der Waals surface area (Å²) in [6, 6.07) is 4.00. The van der Waals surface area contributed by atoms with E-state index >= 15 is 0 Å². The minimum atomic E-state index is 0.214. The van der Waals surface area contributed by atoms with Crippen molar-refractivity contribution in [2.45, 2.75) is 12.8 Å². The van der Waals surface area contributed by atoms with E-state index in [0.717, 1.165) is 32.5 Å². The first-order valence-electron chi connectivity index (χ1n) is 5.73. The second-order valence-electron chi connectivity index (χ2n) is 4.02. The summed E-state index contributed by atoms with van der Waals surface area (Å²) in [5.41, 5.74) is 1.24. The van der Waals surface area contributed by atoms with Gasteiger partial charge in [-0.25, -0.2) is 0 Å². The Morgan fingerprint density at radius 3 is 3.00 bits per heavy atom. The minimum Gasteiger partial charge on any atom is -0.341 e. The number of rotatable bonds is 3. The van der Waals surface area contributed by atoms with Crippen LogP contribution in [0.5, 0.6) is 0 Å². The van der Waals surface area contributed by atoms with E-state index in [1.165, 1.54) is 5.56 Å². The fourth-order valence-electron chi connectivity index (χ4n) is 1.88. The van der Waals surface area contributed by atoms with E-state index in [2.05, 4.69) is 10.3 Å². The Morgan fingerprint density at radius 1 is 1.38 bits per heavy atom. The molecule has 0 spiro atoms. The summed E-state index contributed by atoms with van der Waals surface area (Å²) in [4.78, 5) is 17.6. The molecule has 86 valence electrons. The molecule has 0 aliphatic carbocycles. The summed E-state index contributed by atoms with van der Waals surface area (Å²) in [6.07, 6.45) is 5.54. The van der Waals surface area contributed by atoms with Gasteiger partial charge in [-0.3, -0.25) is 9.78 Å². The third kappa shape index (κ3) is 3.03. The quantitative estimate of drug-likeness (QED) is 0.802. The van der Waals surface area contributed by atoms with Gasteiger partial charge in [0.15, 0.2) is 0 Å². The second kappa shape index (κ2) is 5.61. The maximum atomic E-state index is 11.7. The van der Waals surface area contributed by atoms with E-state index in [1.807, 2.05) is 17.0 Å². The molecule has 0 unspecified atom stereocenters. The van der Waals surface area contributed by atoms with Crippen molar-refractivity contribution in [2.24, 2.45) is 0 Å². The van der Waals surface area contributed by atoms with Crippen LogP contribution in [0, 0.1) is 0 Å². The summed E-state index contributed by atoms with van der Waals surface area (Å²) in [7, 11) is 0.